The van der Waals surface area contributed by atoms with Crippen molar-refractivity contribution in [2.45, 2.75) is 18.3 Å². The summed E-state index contributed by atoms with van der Waals surface area (Å²) in [7, 11) is 0. The maximum Gasteiger partial charge on any atom is 0.239 e. The third-order valence-electron chi connectivity index (χ3n) is 5.94. The fourth-order valence-electron chi connectivity index (χ4n) is 4.08. The summed E-state index contributed by atoms with van der Waals surface area (Å²) in [6.45, 7) is 4.36. The van der Waals surface area contributed by atoms with Crippen molar-refractivity contribution in [3.05, 3.63) is 108 Å². The van der Waals surface area contributed by atoms with Gasteiger partial charge in [-0.05, 0) is 72.6 Å². The maximum absolute atomic E-state index is 13.4. The molecule has 0 saturated carbocycles. The van der Waals surface area contributed by atoms with Crippen molar-refractivity contribution in [2.75, 3.05) is 18.1 Å². The van der Waals surface area contributed by atoms with E-state index >= 15 is 0 Å². The molecule has 0 spiro atoms. The average molecular weight is 447 g/mol. The second-order valence-corrected chi connectivity index (χ2v) is 8.00. The summed E-state index contributed by atoms with van der Waals surface area (Å²) in [6.07, 6.45) is 2.07. The van der Waals surface area contributed by atoms with Crippen LogP contribution in [0.4, 0.5) is 14.5 Å². The molecule has 1 amide bonds. The number of halogens is 2. The second kappa shape index (κ2) is 9.36. The molecule has 4 nitrogen and oxygen atoms in total. The van der Waals surface area contributed by atoms with E-state index in [0.29, 0.717) is 36.6 Å². The number of carbonyl (C=O) groups is 2. The molecule has 0 aliphatic carbocycles. The van der Waals surface area contributed by atoms with Gasteiger partial charge in [0.2, 0.25) is 5.91 Å². The van der Waals surface area contributed by atoms with Gasteiger partial charge in [0.1, 0.15) is 24.0 Å². The number of ether oxygens (including phenoxy) is 1. The third-order valence-corrected chi connectivity index (χ3v) is 5.94. The second-order valence-electron chi connectivity index (χ2n) is 8.00. The van der Waals surface area contributed by atoms with Gasteiger partial charge in [0.25, 0.3) is 0 Å². The van der Waals surface area contributed by atoms with Gasteiger partial charge >= 0.3 is 0 Å². The molecule has 1 saturated heterocycles. The van der Waals surface area contributed by atoms with Crippen LogP contribution < -0.4 is 9.64 Å². The Morgan fingerprint density at radius 3 is 2.15 bits per heavy atom. The Kier molecular flexibility index (Phi) is 6.36. The van der Waals surface area contributed by atoms with Crippen molar-refractivity contribution >= 4 is 17.4 Å². The molecule has 0 N–H and O–H groups in total. The lowest BCUT2D eigenvalue weighted by Gasteiger charge is -2.49. The molecule has 33 heavy (non-hydrogen) atoms. The molecule has 1 heterocycles. The molecule has 1 aliphatic rings. The van der Waals surface area contributed by atoms with Crippen LogP contribution in [0.25, 0.3) is 0 Å². The van der Waals surface area contributed by atoms with Gasteiger partial charge in [0.15, 0.2) is 5.78 Å². The number of benzene rings is 3. The standard InChI is InChI=1S/C27H23F2NO3/c1-2-17-33-24-13-5-20(6-14-24)27(16-15-25(31)19-3-7-21(28)8-4-19)18-30(26(27)32)23-11-9-22(29)10-12-23/h2-14H,1,15-18H2. The molecular weight excluding hydrogens is 424 g/mol. The minimum atomic E-state index is -0.888. The van der Waals surface area contributed by atoms with Gasteiger partial charge < -0.3 is 9.64 Å². The number of hydrogen-bond acceptors (Lipinski definition) is 3. The first-order chi connectivity index (χ1) is 15.9. The minimum absolute atomic E-state index is 0.128. The Balaban J connectivity index is 1.58. The number of Topliss-reactive ketones (excluding diaryl/α,β-unsaturated/α-hetero) is 1. The lowest BCUT2D eigenvalue weighted by molar-refractivity contribution is -0.129. The highest BCUT2D eigenvalue weighted by Gasteiger charge is 2.53. The zero-order chi connectivity index (χ0) is 23.4. The topological polar surface area (TPSA) is 46.6 Å². The van der Waals surface area contributed by atoms with Gasteiger partial charge in [-0.2, -0.15) is 0 Å². The Hall–Kier alpha value is -3.80. The van der Waals surface area contributed by atoms with Crippen LogP contribution in [0.2, 0.25) is 0 Å². The number of β-lactam (4-membered cyclic amide) rings is 1. The van der Waals surface area contributed by atoms with Crippen LogP contribution in [0.5, 0.6) is 5.75 Å². The Bertz CT molecular complexity index is 1160. The molecule has 6 heteroatoms. The van der Waals surface area contributed by atoms with Crippen LogP contribution in [0.1, 0.15) is 28.8 Å². The SMILES string of the molecule is C=CCOc1ccc(C2(CCC(=O)c3ccc(F)cc3)CN(c3ccc(F)cc3)C2=O)cc1. The van der Waals surface area contributed by atoms with Crippen LogP contribution in [0.3, 0.4) is 0 Å². The number of amides is 1. The highest BCUT2D eigenvalue weighted by atomic mass is 19.1. The van der Waals surface area contributed by atoms with Crippen molar-refractivity contribution in [2.24, 2.45) is 0 Å². The van der Waals surface area contributed by atoms with Crippen molar-refractivity contribution in [3.8, 4) is 5.75 Å². The molecule has 1 atom stereocenters. The van der Waals surface area contributed by atoms with Crippen LogP contribution >= 0.6 is 0 Å². The molecule has 1 aliphatic heterocycles. The van der Waals surface area contributed by atoms with E-state index in [9.17, 15) is 18.4 Å². The molecule has 0 radical (unpaired) electrons. The lowest BCUT2D eigenvalue weighted by Crippen LogP contribution is -2.64. The summed E-state index contributed by atoms with van der Waals surface area (Å²) in [5, 5.41) is 0. The van der Waals surface area contributed by atoms with E-state index in [1.165, 1.54) is 36.4 Å². The Morgan fingerprint density at radius 1 is 0.970 bits per heavy atom. The molecule has 3 aromatic rings. The Morgan fingerprint density at radius 2 is 1.58 bits per heavy atom. The predicted molar refractivity (Wildman–Crippen MR) is 123 cm³/mol. The Labute approximate surface area is 191 Å². The molecule has 3 aromatic carbocycles. The minimum Gasteiger partial charge on any atom is -0.490 e. The van der Waals surface area contributed by atoms with E-state index in [-0.39, 0.29) is 23.9 Å². The summed E-state index contributed by atoms with van der Waals surface area (Å²) in [5.74, 6) is -0.448. The van der Waals surface area contributed by atoms with Crippen LogP contribution in [0, 0.1) is 11.6 Å². The van der Waals surface area contributed by atoms with Gasteiger partial charge in [0.05, 0.1) is 5.41 Å². The third kappa shape index (κ3) is 4.55. The van der Waals surface area contributed by atoms with Crippen molar-refractivity contribution in [3.63, 3.8) is 0 Å². The van der Waals surface area contributed by atoms with Crippen molar-refractivity contribution in [1.82, 2.24) is 0 Å². The van der Waals surface area contributed by atoms with Gasteiger partial charge in [-0.1, -0.05) is 24.8 Å². The van der Waals surface area contributed by atoms with Crippen molar-refractivity contribution in [1.29, 1.82) is 0 Å². The number of carbonyl (C=O) groups excluding carboxylic acids is 2. The monoisotopic (exact) mass is 447 g/mol. The van der Waals surface area contributed by atoms with Gasteiger partial charge in [0, 0.05) is 24.2 Å². The summed E-state index contributed by atoms with van der Waals surface area (Å²) < 4.78 is 32.1. The van der Waals surface area contributed by atoms with E-state index in [1.807, 2.05) is 12.1 Å². The fraction of sp³-hybridized carbons (Fsp3) is 0.185. The van der Waals surface area contributed by atoms with Crippen LogP contribution in [-0.2, 0) is 10.2 Å². The highest BCUT2D eigenvalue weighted by Crippen LogP contribution is 2.43. The van der Waals surface area contributed by atoms with E-state index in [0.717, 1.165) is 5.56 Å². The number of anilines is 1. The molecule has 168 valence electrons. The lowest BCUT2D eigenvalue weighted by atomic mass is 9.69. The smallest absolute Gasteiger partial charge is 0.239 e. The van der Waals surface area contributed by atoms with E-state index in [2.05, 4.69) is 6.58 Å². The van der Waals surface area contributed by atoms with Gasteiger partial charge in [-0.25, -0.2) is 8.78 Å². The normalized spacial score (nSPS) is 17.4. The molecule has 1 unspecified atom stereocenters. The number of nitrogens with zero attached hydrogens (tertiary/aromatic N) is 1. The zero-order valence-electron chi connectivity index (χ0n) is 18.0. The van der Waals surface area contributed by atoms with Gasteiger partial charge in [-0.15, -0.1) is 0 Å². The number of hydrogen-bond donors (Lipinski definition) is 0. The average Bonchev–Trinajstić information content (AvgIpc) is 2.84. The summed E-state index contributed by atoms with van der Waals surface area (Å²) in [5.41, 5.74) is 0.902. The van der Waals surface area contributed by atoms with E-state index in [1.54, 1.807) is 35.2 Å². The number of rotatable bonds is 9. The summed E-state index contributed by atoms with van der Waals surface area (Å²) >= 11 is 0. The quantitative estimate of drug-likeness (QED) is 0.248. The van der Waals surface area contributed by atoms with Crippen LogP contribution in [-0.4, -0.2) is 24.8 Å². The van der Waals surface area contributed by atoms with Gasteiger partial charge in [-0.3, -0.25) is 9.59 Å². The molecule has 1 fully saturated rings. The summed E-state index contributed by atoms with van der Waals surface area (Å²) in [4.78, 5) is 27.8. The fourth-order valence-corrected chi connectivity index (χ4v) is 4.08. The molecule has 4 rings (SSSR count). The predicted octanol–water partition coefficient (Wildman–Crippen LogP) is 5.48. The number of ketones is 1. The molecular formula is C27H23F2NO3. The molecule has 0 bridgehead atoms. The zero-order valence-corrected chi connectivity index (χ0v) is 18.0. The van der Waals surface area contributed by atoms with E-state index in [4.69, 9.17) is 4.74 Å². The van der Waals surface area contributed by atoms with E-state index < -0.39 is 11.2 Å². The van der Waals surface area contributed by atoms with Crippen molar-refractivity contribution < 1.29 is 23.1 Å². The first-order valence-corrected chi connectivity index (χ1v) is 10.6. The maximum atomic E-state index is 13.4. The summed E-state index contributed by atoms with van der Waals surface area (Å²) in [6, 6.07) is 18.4. The molecule has 0 aromatic heterocycles. The highest BCUT2D eigenvalue weighted by molar-refractivity contribution is 6.09. The van der Waals surface area contributed by atoms with Crippen LogP contribution in [0.15, 0.2) is 85.5 Å². The largest absolute Gasteiger partial charge is 0.490 e. The first kappa shape index (κ1) is 22.4. The first-order valence-electron chi connectivity index (χ1n) is 10.6.